The quantitative estimate of drug-likeness (QED) is 0.772. The summed E-state index contributed by atoms with van der Waals surface area (Å²) in [5.74, 6) is 0. The molecule has 0 aliphatic heterocycles. The van der Waals surface area contributed by atoms with Gasteiger partial charge in [0.25, 0.3) is 0 Å². The van der Waals surface area contributed by atoms with Crippen LogP contribution in [0.3, 0.4) is 0 Å². The number of nitrogens with zero attached hydrogens (tertiary/aromatic N) is 2. The van der Waals surface area contributed by atoms with Gasteiger partial charge >= 0.3 is 0 Å². The van der Waals surface area contributed by atoms with E-state index < -0.39 is 0 Å². The molecule has 0 atom stereocenters. The van der Waals surface area contributed by atoms with Crippen LogP contribution in [0.4, 0.5) is 0 Å². The lowest BCUT2D eigenvalue weighted by Gasteiger charge is -2.29. The lowest BCUT2D eigenvalue weighted by atomic mass is 9.88. The summed E-state index contributed by atoms with van der Waals surface area (Å²) in [4.78, 5) is 0. The summed E-state index contributed by atoms with van der Waals surface area (Å²) >= 11 is 0. The van der Waals surface area contributed by atoms with Crippen LogP contribution < -0.4 is 5.73 Å². The molecule has 0 bridgehead atoms. The second-order valence-electron chi connectivity index (χ2n) is 6.06. The molecule has 3 heteroatoms. The van der Waals surface area contributed by atoms with E-state index in [0.717, 1.165) is 5.56 Å². The van der Waals surface area contributed by atoms with Gasteiger partial charge in [-0.1, -0.05) is 20.8 Å². The lowest BCUT2D eigenvalue weighted by molar-refractivity contribution is 0.321. The van der Waals surface area contributed by atoms with E-state index in [-0.39, 0.29) is 11.0 Å². The first-order valence-electron chi connectivity index (χ1n) is 5.46. The average Bonchev–Trinajstić information content (AvgIpc) is 2.44. The van der Waals surface area contributed by atoms with Gasteiger partial charge in [0.15, 0.2) is 0 Å². The third kappa shape index (κ3) is 2.40. The van der Waals surface area contributed by atoms with Gasteiger partial charge in [-0.2, -0.15) is 5.10 Å². The zero-order valence-electron chi connectivity index (χ0n) is 10.8. The van der Waals surface area contributed by atoms with Crippen LogP contribution in [0.1, 0.15) is 52.8 Å². The van der Waals surface area contributed by atoms with Crippen LogP contribution in [0, 0.1) is 0 Å². The van der Waals surface area contributed by atoms with E-state index in [4.69, 9.17) is 5.73 Å². The smallest absolute Gasteiger partial charge is 0.0547 e. The SMILES string of the molecule is CC(C)(C)c1c(CN)cnn1C(C)(C)C. The molecule has 0 saturated heterocycles. The molecule has 1 rings (SSSR count). The van der Waals surface area contributed by atoms with Gasteiger partial charge in [-0.05, 0) is 20.8 Å². The molecule has 3 nitrogen and oxygen atoms in total. The summed E-state index contributed by atoms with van der Waals surface area (Å²) in [5, 5.41) is 4.46. The molecular weight excluding hydrogens is 186 g/mol. The highest BCUT2D eigenvalue weighted by Gasteiger charge is 2.28. The van der Waals surface area contributed by atoms with Gasteiger partial charge in [0.1, 0.15) is 0 Å². The van der Waals surface area contributed by atoms with Crippen molar-refractivity contribution in [2.24, 2.45) is 5.73 Å². The van der Waals surface area contributed by atoms with E-state index in [1.54, 1.807) is 0 Å². The van der Waals surface area contributed by atoms with E-state index in [9.17, 15) is 0 Å². The topological polar surface area (TPSA) is 43.8 Å². The van der Waals surface area contributed by atoms with Crippen LogP contribution in [0.25, 0.3) is 0 Å². The molecule has 0 aromatic carbocycles. The Morgan fingerprint density at radius 3 is 2.07 bits per heavy atom. The van der Waals surface area contributed by atoms with Crippen molar-refractivity contribution >= 4 is 0 Å². The van der Waals surface area contributed by atoms with Gasteiger partial charge in [-0.3, -0.25) is 4.68 Å². The zero-order valence-corrected chi connectivity index (χ0v) is 10.8. The van der Waals surface area contributed by atoms with Crippen LogP contribution in [0.5, 0.6) is 0 Å². The van der Waals surface area contributed by atoms with Crippen LogP contribution in [-0.4, -0.2) is 9.78 Å². The fraction of sp³-hybridized carbons (Fsp3) is 0.750. The van der Waals surface area contributed by atoms with Crippen molar-refractivity contribution in [2.75, 3.05) is 0 Å². The Labute approximate surface area is 92.7 Å². The first-order chi connectivity index (χ1) is 6.68. The van der Waals surface area contributed by atoms with Gasteiger partial charge in [0.05, 0.1) is 11.7 Å². The van der Waals surface area contributed by atoms with Crippen molar-refractivity contribution < 1.29 is 0 Å². The van der Waals surface area contributed by atoms with Crippen LogP contribution in [-0.2, 0) is 17.5 Å². The summed E-state index contributed by atoms with van der Waals surface area (Å²) in [5.41, 5.74) is 8.24. The summed E-state index contributed by atoms with van der Waals surface area (Å²) < 4.78 is 2.09. The fourth-order valence-electron chi connectivity index (χ4n) is 1.84. The molecule has 0 aliphatic rings. The van der Waals surface area contributed by atoms with Crippen molar-refractivity contribution in [2.45, 2.75) is 59.0 Å². The monoisotopic (exact) mass is 209 g/mol. The second kappa shape index (κ2) is 3.63. The molecule has 86 valence electrons. The minimum Gasteiger partial charge on any atom is -0.326 e. The molecule has 0 spiro atoms. The molecule has 1 heterocycles. The third-order valence-corrected chi connectivity index (χ3v) is 2.41. The summed E-state index contributed by atoms with van der Waals surface area (Å²) in [6.07, 6.45) is 1.89. The molecule has 0 fully saturated rings. The predicted octanol–water partition coefficient (Wildman–Crippen LogP) is 2.39. The number of hydrogen-bond donors (Lipinski definition) is 1. The van der Waals surface area contributed by atoms with Crippen LogP contribution >= 0.6 is 0 Å². The molecule has 15 heavy (non-hydrogen) atoms. The predicted molar refractivity (Wildman–Crippen MR) is 63.8 cm³/mol. The summed E-state index contributed by atoms with van der Waals surface area (Å²) in [6.45, 7) is 13.6. The molecule has 0 aliphatic carbocycles. The Balaban J connectivity index is 3.37. The third-order valence-electron chi connectivity index (χ3n) is 2.41. The Kier molecular flexibility index (Phi) is 2.97. The Bertz CT molecular complexity index is 337. The molecule has 1 aromatic heterocycles. The van der Waals surface area contributed by atoms with E-state index in [1.807, 2.05) is 6.20 Å². The van der Waals surface area contributed by atoms with Crippen molar-refractivity contribution in [1.82, 2.24) is 9.78 Å². The number of rotatable bonds is 1. The summed E-state index contributed by atoms with van der Waals surface area (Å²) in [6, 6.07) is 0. The minimum absolute atomic E-state index is 0.00995. The normalized spacial score (nSPS) is 13.3. The first-order valence-corrected chi connectivity index (χ1v) is 5.46. The molecule has 0 radical (unpaired) electrons. The van der Waals surface area contributed by atoms with Gasteiger partial charge < -0.3 is 5.73 Å². The standard InChI is InChI=1S/C12H23N3/c1-11(2,3)10-9(7-13)8-14-15(10)12(4,5)6/h8H,7,13H2,1-6H3. The summed E-state index contributed by atoms with van der Waals surface area (Å²) in [7, 11) is 0. The second-order valence-corrected chi connectivity index (χ2v) is 6.06. The van der Waals surface area contributed by atoms with E-state index >= 15 is 0 Å². The average molecular weight is 209 g/mol. The maximum absolute atomic E-state index is 5.75. The minimum atomic E-state index is 0.00995. The zero-order chi connectivity index (χ0) is 11.9. The van der Waals surface area contributed by atoms with E-state index in [1.165, 1.54) is 5.69 Å². The fourth-order valence-corrected chi connectivity index (χ4v) is 1.84. The van der Waals surface area contributed by atoms with Crippen molar-refractivity contribution in [3.8, 4) is 0 Å². The van der Waals surface area contributed by atoms with E-state index in [0.29, 0.717) is 6.54 Å². The molecule has 0 saturated carbocycles. The van der Waals surface area contributed by atoms with Crippen molar-refractivity contribution in [3.63, 3.8) is 0 Å². The highest BCUT2D eigenvalue weighted by molar-refractivity contribution is 5.25. The molecule has 2 N–H and O–H groups in total. The van der Waals surface area contributed by atoms with Crippen LogP contribution in [0.2, 0.25) is 0 Å². The van der Waals surface area contributed by atoms with Gasteiger partial charge in [-0.15, -0.1) is 0 Å². The van der Waals surface area contributed by atoms with Crippen molar-refractivity contribution in [3.05, 3.63) is 17.5 Å². The number of aromatic nitrogens is 2. The molecule has 0 unspecified atom stereocenters. The lowest BCUT2D eigenvalue weighted by Crippen LogP contribution is -2.31. The molecular formula is C12H23N3. The van der Waals surface area contributed by atoms with Gasteiger partial charge in [-0.25, -0.2) is 0 Å². The van der Waals surface area contributed by atoms with Crippen molar-refractivity contribution in [1.29, 1.82) is 0 Å². The van der Waals surface area contributed by atoms with Gasteiger partial charge in [0.2, 0.25) is 0 Å². The number of hydrogen-bond acceptors (Lipinski definition) is 2. The van der Waals surface area contributed by atoms with Gasteiger partial charge in [0, 0.05) is 23.2 Å². The molecule has 0 amide bonds. The maximum Gasteiger partial charge on any atom is 0.0547 e. The largest absolute Gasteiger partial charge is 0.326 e. The van der Waals surface area contributed by atoms with Crippen LogP contribution in [0.15, 0.2) is 6.20 Å². The first kappa shape index (κ1) is 12.2. The maximum atomic E-state index is 5.75. The Hall–Kier alpha value is -0.830. The van der Waals surface area contributed by atoms with E-state index in [2.05, 4.69) is 51.3 Å². The highest BCUT2D eigenvalue weighted by Crippen LogP contribution is 2.29. The Morgan fingerprint density at radius 2 is 1.73 bits per heavy atom. The molecule has 1 aromatic rings. The number of nitrogens with two attached hydrogens (primary N) is 1. The Morgan fingerprint density at radius 1 is 1.20 bits per heavy atom. The highest BCUT2D eigenvalue weighted by atomic mass is 15.3.